The highest BCUT2D eigenvalue weighted by atomic mass is 127. The number of fused-ring (bicyclic) bond motifs is 5. The molecule has 0 saturated heterocycles. The number of rotatable bonds is 4. The second-order valence-corrected chi connectivity index (χ2v) is 9.95. The first-order valence-corrected chi connectivity index (χ1v) is 13.4. The lowest BCUT2D eigenvalue weighted by Gasteiger charge is -2.33. The Kier molecular flexibility index (Phi) is 5.59. The minimum atomic E-state index is -0.776. The fourth-order valence-electron chi connectivity index (χ4n) is 5.00. The summed E-state index contributed by atoms with van der Waals surface area (Å²) in [7, 11) is 1.33. The molecule has 0 aliphatic heterocycles. The van der Waals surface area contributed by atoms with Crippen molar-refractivity contribution in [2.75, 3.05) is 5.32 Å². The van der Waals surface area contributed by atoms with Gasteiger partial charge in [0, 0.05) is 59.6 Å². The van der Waals surface area contributed by atoms with Crippen molar-refractivity contribution in [3.63, 3.8) is 0 Å². The lowest BCUT2D eigenvalue weighted by Crippen LogP contribution is -2.34. The van der Waals surface area contributed by atoms with Crippen LogP contribution in [-0.4, -0.2) is 20.0 Å². The Hall–Kier alpha value is -1.49. The average molecular weight is 544 g/mol. The van der Waals surface area contributed by atoms with E-state index < -0.39 is 17.5 Å². The molecule has 6 rings (SSSR count). The van der Waals surface area contributed by atoms with Gasteiger partial charge in [0.15, 0.2) is 23.1 Å². The molecule has 3 atom stereocenters. The Morgan fingerprint density at radius 1 is 1.10 bits per heavy atom. The minimum absolute atomic E-state index is 0.000665. The van der Waals surface area contributed by atoms with Crippen LogP contribution in [0.15, 0.2) is 24.5 Å². The van der Waals surface area contributed by atoms with Gasteiger partial charge in [0.25, 0.3) is 0 Å². The number of nitrogens with zero attached hydrogens (tertiary/aromatic N) is 3. The first-order valence-electron chi connectivity index (χ1n) is 10.1. The summed E-state index contributed by atoms with van der Waals surface area (Å²) in [5.41, 5.74) is 0.898. The molecule has 0 amide bonds. The highest BCUT2D eigenvalue weighted by Crippen LogP contribution is 2.41. The van der Waals surface area contributed by atoms with Gasteiger partial charge in [0.1, 0.15) is 11.5 Å². The second kappa shape index (κ2) is 8.22. The summed E-state index contributed by atoms with van der Waals surface area (Å²) >= 11 is 2.07. The van der Waals surface area contributed by atoms with E-state index in [1.54, 1.807) is 10.2 Å². The van der Waals surface area contributed by atoms with Gasteiger partial charge in [-0.15, -0.1) is 0 Å². The maximum atomic E-state index is 14.8. The van der Waals surface area contributed by atoms with Crippen LogP contribution in [0.2, 0.25) is 0 Å². The molecular weight excluding hydrogens is 524 g/mol. The van der Waals surface area contributed by atoms with E-state index in [9.17, 15) is 13.2 Å². The molecule has 3 fully saturated rings. The lowest BCUT2D eigenvalue weighted by molar-refractivity contribution is 0.279. The molecule has 4 nitrogen and oxygen atoms in total. The van der Waals surface area contributed by atoms with Gasteiger partial charge in [-0.3, -0.25) is 3.97 Å². The van der Waals surface area contributed by atoms with Crippen molar-refractivity contribution in [3.8, 4) is 11.3 Å². The number of halogens is 4. The fourth-order valence-corrected chi connectivity index (χ4v) is 6.26. The van der Waals surface area contributed by atoms with Crippen molar-refractivity contribution in [2.24, 2.45) is 11.8 Å². The zero-order valence-electron chi connectivity index (χ0n) is 16.0. The van der Waals surface area contributed by atoms with Crippen molar-refractivity contribution in [3.05, 3.63) is 42.0 Å². The van der Waals surface area contributed by atoms with Crippen molar-refractivity contribution < 1.29 is 13.2 Å². The smallest absolute Gasteiger partial charge is 0.168 e. The molecule has 3 unspecified atom stereocenters. The number of nitrogens with one attached hydrogen (secondary N) is 1. The quantitative estimate of drug-likeness (QED) is 0.370. The van der Waals surface area contributed by atoms with Crippen LogP contribution in [0.1, 0.15) is 38.5 Å². The second-order valence-electron chi connectivity index (χ2n) is 8.23. The standard InChI is InChI=1S/C21H20F3IN4S/c22-13-7-14-15(10-29(30-25)21(14)26-9-13)19-16(23)8-17(24)20(28-19)27-18-6-11-2-1-3-12(18)5-4-11/h7-12,18H,1-6H2,(H,27,28). The highest BCUT2D eigenvalue weighted by Gasteiger charge is 2.34. The van der Waals surface area contributed by atoms with Crippen LogP contribution in [0.4, 0.5) is 19.0 Å². The molecule has 3 aliphatic rings. The van der Waals surface area contributed by atoms with Gasteiger partial charge in [-0.2, -0.15) is 0 Å². The van der Waals surface area contributed by atoms with E-state index in [1.807, 2.05) is 0 Å². The number of pyridine rings is 2. The van der Waals surface area contributed by atoms with E-state index in [4.69, 9.17) is 0 Å². The van der Waals surface area contributed by atoms with E-state index >= 15 is 0 Å². The third-order valence-electron chi connectivity index (χ3n) is 6.45. The largest absolute Gasteiger partial charge is 0.365 e. The summed E-state index contributed by atoms with van der Waals surface area (Å²) in [6.45, 7) is 0. The number of aromatic nitrogens is 3. The van der Waals surface area contributed by atoms with Crippen LogP contribution >= 0.6 is 30.3 Å². The van der Waals surface area contributed by atoms with Crippen LogP contribution < -0.4 is 5.32 Å². The third-order valence-corrected chi connectivity index (χ3v) is 8.15. The monoisotopic (exact) mass is 544 g/mol. The molecule has 1 N–H and O–H groups in total. The van der Waals surface area contributed by atoms with Gasteiger partial charge in [-0.05, 0) is 37.2 Å². The van der Waals surface area contributed by atoms with E-state index in [1.165, 1.54) is 34.4 Å². The van der Waals surface area contributed by atoms with Gasteiger partial charge >= 0.3 is 0 Å². The first-order chi connectivity index (χ1) is 14.5. The molecule has 158 valence electrons. The average Bonchev–Trinajstić information content (AvgIpc) is 2.86. The van der Waals surface area contributed by atoms with Crippen LogP contribution in [0, 0.1) is 29.3 Å². The molecule has 0 spiro atoms. The maximum Gasteiger partial charge on any atom is 0.168 e. The third kappa shape index (κ3) is 3.68. The lowest BCUT2D eigenvalue weighted by atomic mass is 9.80. The van der Waals surface area contributed by atoms with Gasteiger partial charge in [-0.1, -0.05) is 19.3 Å². The number of hydrogen-bond acceptors (Lipinski definition) is 4. The molecular formula is C21H20F3IN4S. The van der Waals surface area contributed by atoms with E-state index in [-0.39, 0.29) is 17.6 Å². The SMILES string of the molecule is Fc1cnc2c(c1)c(-c1nc(NC3CC4CCCC3CC4)c(F)cc1F)cn2SI. The summed E-state index contributed by atoms with van der Waals surface area (Å²) in [6.07, 6.45) is 9.73. The Balaban J connectivity index is 1.56. The van der Waals surface area contributed by atoms with Gasteiger partial charge in [-0.25, -0.2) is 23.1 Å². The van der Waals surface area contributed by atoms with Crippen molar-refractivity contribution in [1.29, 1.82) is 0 Å². The Bertz CT molecular complexity index is 1100. The van der Waals surface area contributed by atoms with E-state index in [0.29, 0.717) is 28.4 Å². The van der Waals surface area contributed by atoms with Crippen LogP contribution in [0.5, 0.6) is 0 Å². The molecule has 3 aromatic rings. The van der Waals surface area contributed by atoms with Crippen molar-refractivity contribution in [2.45, 2.75) is 44.6 Å². The summed E-state index contributed by atoms with van der Waals surface area (Å²) < 4.78 is 45.0. The molecule has 3 saturated carbocycles. The zero-order valence-corrected chi connectivity index (χ0v) is 19.0. The highest BCUT2D eigenvalue weighted by molar-refractivity contribution is 14.2. The molecule has 3 aromatic heterocycles. The van der Waals surface area contributed by atoms with Crippen LogP contribution in [-0.2, 0) is 0 Å². The Morgan fingerprint density at radius 3 is 2.80 bits per heavy atom. The summed E-state index contributed by atoms with van der Waals surface area (Å²) in [5, 5.41) is 3.72. The van der Waals surface area contributed by atoms with E-state index in [0.717, 1.165) is 31.5 Å². The summed E-state index contributed by atoms with van der Waals surface area (Å²) in [5.74, 6) is -0.771. The number of hydrogen-bond donors (Lipinski definition) is 1. The molecule has 30 heavy (non-hydrogen) atoms. The normalized spacial score (nSPS) is 23.7. The summed E-state index contributed by atoms with van der Waals surface area (Å²) in [4.78, 5) is 8.46. The van der Waals surface area contributed by atoms with Crippen LogP contribution in [0.3, 0.4) is 0 Å². The first kappa shape index (κ1) is 20.4. The predicted molar refractivity (Wildman–Crippen MR) is 122 cm³/mol. The molecule has 0 aromatic carbocycles. The van der Waals surface area contributed by atoms with Crippen LogP contribution in [0.25, 0.3) is 22.3 Å². The maximum absolute atomic E-state index is 14.8. The molecule has 2 bridgehead atoms. The number of anilines is 1. The molecule has 9 heteroatoms. The van der Waals surface area contributed by atoms with Gasteiger partial charge in [0.2, 0.25) is 0 Å². The predicted octanol–water partition coefficient (Wildman–Crippen LogP) is 6.74. The van der Waals surface area contributed by atoms with Gasteiger partial charge in [0.05, 0.1) is 6.20 Å². The Labute approximate surface area is 188 Å². The Morgan fingerprint density at radius 2 is 1.97 bits per heavy atom. The minimum Gasteiger partial charge on any atom is -0.365 e. The summed E-state index contributed by atoms with van der Waals surface area (Å²) in [6, 6.07) is 2.33. The zero-order chi connectivity index (χ0) is 20.8. The molecule has 0 radical (unpaired) electrons. The molecule has 3 heterocycles. The topological polar surface area (TPSA) is 42.7 Å². The van der Waals surface area contributed by atoms with Gasteiger partial charge < -0.3 is 5.32 Å². The molecule has 3 aliphatic carbocycles. The fraction of sp³-hybridized carbons (Fsp3) is 0.429. The van der Waals surface area contributed by atoms with Crippen molar-refractivity contribution in [1.82, 2.24) is 13.9 Å². The van der Waals surface area contributed by atoms with E-state index in [2.05, 4.69) is 36.5 Å². The van der Waals surface area contributed by atoms with Crippen molar-refractivity contribution >= 4 is 47.2 Å².